The van der Waals surface area contributed by atoms with Crippen molar-refractivity contribution in [1.29, 1.82) is 0 Å². The number of benzene rings is 2. The molecule has 0 saturated carbocycles. The SMILES string of the molecule is NS(=O)(=O)c1ccc(N2CCOCC2)c(C(=O)N[C@@H]2CCN(Cc3ccccc3)C2)c1. The van der Waals surface area contributed by atoms with Crippen LogP contribution in [0.4, 0.5) is 5.69 Å². The Hall–Kier alpha value is -2.46. The fourth-order valence-corrected chi connectivity index (χ4v) is 4.69. The van der Waals surface area contributed by atoms with Crippen molar-refractivity contribution in [3.8, 4) is 0 Å². The molecule has 3 N–H and O–H groups in total. The monoisotopic (exact) mass is 444 g/mol. The minimum Gasteiger partial charge on any atom is -0.378 e. The molecule has 31 heavy (non-hydrogen) atoms. The number of hydrogen-bond acceptors (Lipinski definition) is 6. The van der Waals surface area contributed by atoms with Crippen molar-refractivity contribution in [3.63, 3.8) is 0 Å². The summed E-state index contributed by atoms with van der Waals surface area (Å²) in [6, 6.07) is 14.7. The molecule has 2 aliphatic heterocycles. The van der Waals surface area contributed by atoms with Crippen LogP contribution < -0.4 is 15.4 Å². The van der Waals surface area contributed by atoms with Gasteiger partial charge >= 0.3 is 0 Å². The molecule has 1 atom stereocenters. The lowest BCUT2D eigenvalue weighted by Crippen LogP contribution is -2.40. The number of rotatable bonds is 6. The van der Waals surface area contributed by atoms with Crippen molar-refractivity contribution in [2.75, 3.05) is 44.3 Å². The van der Waals surface area contributed by atoms with Gasteiger partial charge in [0, 0.05) is 44.5 Å². The van der Waals surface area contributed by atoms with Crippen LogP contribution in [0.1, 0.15) is 22.3 Å². The molecule has 0 unspecified atom stereocenters. The molecule has 2 saturated heterocycles. The number of amides is 1. The molecule has 166 valence electrons. The Morgan fingerprint density at radius 2 is 1.84 bits per heavy atom. The summed E-state index contributed by atoms with van der Waals surface area (Å²) in [6.45, 7) is 4.90. The van der Waals surface area contributed by atoms with Crippen LogP contribution in [0, 0.1) is 0 Å². The summed E-state index contributed by atoms with van der Waals surface area (Å²) < 4.78 is 29.1. The molecule has 1 amide bonds. The summed E-state index contributed by atoms with van der Waals surface area (Å²) in [5.74, 6) is -0.279. The van der Waals surface area contributed by atoms with Crippen LogP contribution in [0.25, 0.3) is 0 Å². The fraction of sp³-hybridized carbons (Fsp3) is 0.409. The highest BCUT2D eigenvalue weighted by molar-refractivity contribution is 7.89. The quantitative estimate of drug-likeness (QED) is 0.693. The lowest BCUT2D eigenvalue weighted by atomic mass is 10.1. The number of morpholine rings is 1. The highest BCUT2D eigenvalue weighted by Gasteiger charge is 2.27. The molecule has 0 aliphatic carbocycles. The van der Waals surface area contributed by atoms with Crippen LogP contribution in [0.5, 0.6) is 0 Å². The largest absolute Gasteiger partial charge is 0.378 e. The standard InChI is InChI=1S/C22H28N4O4S/c23-31(28,29)19-6-7-21(26-10-12-30-13-11-26)20(14-19)22(27)24-18-8-9-25(16-18)15-17-4-2-1-3-5-17/h1-7,14,18H,8-13,15-16H2,(H,24,27)(H2,23,28,29)/t18-/m1/s1. The van der Waals surface area contributed by atoms with Crippen molar-refractivity contribution >= 4 is 21.6 Å². The second-order valence-corrected chi connectivity index (χ2v) is 9.56. The maximum Gasteiger partial charge on any atom is 0.253 e. The van der Waals surface area contributed by atoms with Gasteiger partial charge in [0.2, 0.25) is 10.0 Å². The topological polar surface area (TPSA) is 105 Å². The first-order valence-corrected chi connectivity index (χ1v) is 12.0. The van der Waals surface area contributed by atoms with Gasteiger partial charge in [-0.2, -0.15) is 0 Å². The van der Waals surface area contributed by atoms with E-state index in [1.165, 1.54) is 17.7 Å². The fourth-order valence-electron chi connectivity index (χ4n) is 4.15. The van der Waals surface area contributed by atoms with Crippen LogP contribution in [-0.4, -0.2) is 64.7 Å². The van der Waals surface area contributed by atoms with Gasteiger partial charge in [-0.3, -0.25) is 9.69 Å². The van der Waals surface area contributed by atoms with Crippen molar-refractivity contribution in [2.45, 2.75) is 23.9 Å². The predicted molar refractivity (Wildman–Crippen MR) is 118 cm³/mol. The van der Waals surface area contributed by atoms with Crippen LogP contribution in [-0.2, 0) is 21.3 Å². The van der Waals surface area contributed by atoms with Gasteiger partial charge in [-0.25, -0.2) is 13.6 Å². The van der Waals surface area contributed by atoms with Crippen molar-refractivity contribution in [3.05, 3.63) is 59.7 Å². The molecule has 2 fully saturated rings. The van der Waals surface area contributed by atoms with Crippen molar-refractivity contribution < 1.29 is 17.9 Å². The molecule has 0 bridgehead atoms. The first kappa shape index (κ1) is 21.8. The zero-order valence-electron chi connectivity index (χ0n) is 17.4. The number of likely N-dealkylation sites (tertiary alicyclic amines) is 1. The molecule has 2 aliphatic rings. The molecule has 9 heteroatoms. The zero-order valence-corrected chi connectivity index (χ0v) is 18.2. The van der Waals surface area contributed by atoms with Gasteiger partial charge in [0.25, 0.3) is 5.91 Å². The molecular formula is C22H28N4O4S. The van der Waals surface area contributed by atoms with Crippen LogP contribution >= 0.6 is 0 Å². The molecule has 0 aromatic heterocycles. The molecular weight excluding hydrogens is 416 g/mol. The maximum absolute atomic E-state index is 13.2. The Morgan fingerprint density at radius 1 is 1.10 bits per heavy atom. The molecule has 8 nitrogen and oxygen atoms in total. The first-order chi connectivity index (χ1) is 14.9. The van der Waals surface area contributed by atoms with Gasteiger partial charge in [0.05, 0.1) is 23.7 Å². The van der Waals surface area contributed by atoms with Gasteiger partial charge in [0.15, 0.2) is 0 Å². The number of anilines is 1. The number of sulfonamides is 1. The van der Waals surface area contributed by atoms with Gasteiger partial charge in [0.1, 0.15) is 0 Å². The average Bonchev–Trinajstić information content (AvgIpc) is 3.20. The third kappa shape index (κ3) is 5.43. The third-order valence-electron chi connectivity index (χ3n) is 5.75. The lowest BCUT2D eigenvalue weighted by molar-refractivity contribution is 0.0936. The normalized spacial score (nSPS) is 20.0. The zero-order chi connectivity index (χ0) is 21.8. The number of nitrogens with zero attached hydrogens (tertiary/aromatic N) is 2. The average molecular weight is 445 g/mol. The van der Waals surface area contributed by atoms with E-state index in [-0.39, 0.29) is 16.8 Å². The summed E-state index contributed by atoms with van der Waals surface area (Å²) in [5.41, 5.74) is 2.27. The highest BCUT2D eigenvalue weighted by atomic mass is 32.2. The summed E-state index contributed by atoms with van der Waals surface area (Å²) in [7, 11) is -3.91. The minimum atomic E-state index is -3.91. The molecule has 0 radical (unpaired) electrons. The van der Waals surface area contributed by atoms with E-state index in [4.69, 9.17) is 9.88 Å². The smallest absolute Gasteiger partial charge is 0.253 e. The van der Waals surface area contributed by atoms with E-state index in [2.05, 4.69) is 22.3 Å². The second-order valence-electron chi connectivity index (χ2n) is 8.00. The Balaban J connectivity index is 1.49. The lowest BCUT2D eigenvalue weighted by Gasteiger charge is -2.30. The summed E-state index contributed by atoms with van der Waals surface area (Å²) in [5, 5.41) is 8.40. The van der Waals surface area contributed by atoms with Crippen molar-refractivity contribution in [2.24, 2.45) is 5.14 Å². The summed E-state index contributed by atoms with van der Waals surface area (Å²) >= 11 is 0. The van der Waals surface area contributed by atoms with Gasteiger partial charge in [-0.1, -0.05) is 30.3 Å². The van der Waals surface area contributed by atoms with E-state index in [1.54, 1.807) is 6.07 Å². The van der Waals surface area contributed by atoms with E-state index in [9.17, 15) is 13.2 Å². The van der Waals surface area contributed by atoms with Gasteiger partial charge < -0.3 is 15.0 Å². The van der Waals surface area contributed by atoms with Crippen LogP contribution in [0.2, 0.25) is 0 Å². The number of nitrogens with two attached hydrogens (primary N) is 1. The first-order valence-electron chi connectivity index (χ1n) is 10.5. The molecule has 4 rings (SSSR count). The molecule has 2 aromatic rings. The molecule has 2 heterocycles. The number of nitrogens with one attached hydrogen (secondary N) is 1. The van der Waals surface area contributed by atoms with Crippen LogP contribution in [0.3, 0.4) is 0 Å². The van der Waals surface area contributed by atoms with Gasteiger partial charge in [-0.05, 0) is 30.2 Å². The predicted octanol–water partition coefficient (Wildman–Crippen LogP) is 1.17. The number of primary sulfonamides is 1. The van der Waals surface area contributed by atoms with E-state index in [0.29, 0.717) is 37.6 Å². The van der Waals surface area contributed by atoms with Gasteiger partial charge in [-0.15, -0.1) is 0 Å². The third-order valence-corrected chi connectivity index (χ3v) is 6.66. The number of ether oxygens (including phenoxy) is 1. The molecule has 2 aromatic carbocycles. The molecule has 0 spiro atoms. The number of carbonyl (C=O) groups is 1. The number of carbonyl (C=O) groups excluding carboxylic acids is 1. The maximum atomic E-state index is 13.2. The van der Waals surface area contributed by atoms with Crippen molar-refractivity contribution in [1.82, 2.24) is 10.2 Å². The van der Waals surface area contributed by atoms with E-state index < -0.39 is 10.0 Å². The van der Waals surface area contributed by atoms with E-state index in [0.717, 1.165) is 26.1 Å². The van der Waals surface area contributed by atoms with E-state index >= 15 is 0 Å². The van der Waals surface area contributed by atoms with E-state index in [1.807, 2.05) is 23.1 Å². The van der Waals surface area contributed by atoms with Crippen LogP contribution in [0.15, 0.2) is 53.4 Å². The Morgan fingerprint density at radius 3 is 2.55 bits per heavy atom. The summed E-state index contributed by atoms with van der Waals surface area (Å²) in [4.78, 5) is 17.5. The highest BCUT2D eigenvalue weighted by Crippen LogP contribution is 2.25. The second kappa shape index (κ2) is 9.35. The Labute approximate surface area is 183 Å². The Kier molecular flexibility index (Phi) is 6.57. The summed E-state index contributed by atoms with van der Waals surface area (Å²) in [6.07, 6.45) is 0.848. The Bertz CT molecular complexity index is 1020. The number of hydrogen-bond donors (Lipinski definition) is 2. The minimum absolute atomic E-state index is 0.00638.